The first-order chi connectivity index (χ1) is 32.9. The van der Waals surface area contributed by atoms with Gasteiger partial charge in [-0.15, -0.1) is 0 Å². The summed E-state index contributed by atoms with van der Waals surface area (Å²) < 4.78 is 4.88. The van der Waals surface area contributed by atoms with Crippen molar-refractivity contribution in [2.75, 3.05) is 4.90 Å². The Morgan fingerprint density at radius 2 is 1.04 bits per heavy atom. The largest absolute Gasteiger partial charge is 0.310 e. The summed E-state index contributed by atoms with van der Waals surface area (Å²) in [5, 5.41) is 3.87. The van der Waals surface area contributed by atoms with Gasteiger partial charge in [0, 0.05) is 55.7 Å². The predicted octanol–water partition coefficient (Wildman–Crippen LogP) is 17.4. The molecule has 2 heterocycles. The summed E-state index contributed by atoms with van der Waals surface area (Å²) in [7, 11) is 0. The molecule has 11 aromatic rings. The number of rotatable bonds is 7. The Bertz CT molecular complexity index is 3680. The number of para-hydroxylation sites is 3. The molecule has 0 bridgehead atoms. The Balaban J connectivity index is 0.921. The Hall–Kier alpha value is -8.14. The zero-order valence-corrected chi connectivity index (χ0v) is 38.0. The highest BCUT2D eigenvalue weighted by Gasteiger charge is 2.38. The number of anilines is 3. The number of hydrogen-bond donors (Lipinski definition) is 0. The zero-order valence-electron chi connectivity index (χ0n) is 38.0. The highest BCUT2D eigenvalue weighted by atomic mass is 15.1. The molecule has 320 valence electrons. The van der Waals surface area contributed by atoms with Crippen LogP contribution in [0.3, 0.4) is 0 Å². The highest BCUT2D eigenvalue weighted by molar-refractivity contribution is 6.09. The Labute approximate surface area is 392 Å². The molecule has 13 rings (SSSR count). The lowest BCUT2D eigenvalue weighted by atomic mass is 9.81. The lowest BCUT2D eigenvalue weighted by Crippen LogP contribution is -2.16. The van der Waals surface area contributed by atoms with E-state index in [2.05, 4.69) is 259 Å². The topological polar surface area (TPSA) is 13.1 Å². The van der Waals surface area contributed by atoms with Crippen molar-refractivity contribution in [2.24, 2.45) is 0 Å². The molecule has 2 aliphatic rings. The maximum Gasteiger partial charge on any atom is 0.0558 e. The van der Waals surface area contributed by atoms with Crippen LogP contribution in [0.15, 0.2) is 218 Å². The maximum absolute atomic E-state index is 2.48. The van der Waals surface area contributed by atoms with E-state index in [1.165, 1.54) is 94.2 Å². The van der Waals surface area contributed by atoms with Crippen molar-refractivity contribution < 1.29 is 0 Å². The molecule has 0 N–H and O–H groups in total. The minimum Gasteiger partial charge on any atom is -0.310 e. The molecule has 0 radical (unpaired) electrons. The molecule has 0 fully saturated rings. The van der Waals surface area contributed by atoms with Crippen molar-refractivity contribution in [3.05, 3.63) is 241 Å². The number of benzene rings is 9. The first-order valence-electron chi connectivity index (χ1n) is 23.7. The SMILES string of the molecule is CC1CC=Cc2c1c1ccc(N(c3ccccc3)c3ccc4c(c3)C(C)(C)c3cccc(-c5ccc(-n6c7ccccc7c7ccccc76)cc5)c3-4)cc1n2-c1ccc(-c2ccccc2)cc1. The molecule has 0 spiro atoms. The van der Waals surface area contributed by atoms with Gasteiger partial charge in [0.2, 0.25) is 0 Å². The van der Waals surface area contributed by atoms with Crippen LogP contribution in [0.5, 0.6) is 0 Å². The quantitative estimate of drug-likeness (QED) is 0.156. The van der Waals surface area contributed by atoms with E-state index in [1.54, 1.807) is 0 Å². The van der Waals surface area contributed by atoms with Gasteiger partial charge in [0.1, 0.15) is 0 Å². The van der Waals surface area contributed by atoms with Crippen molar-refractivity contribution in [3.63, 3.8) is 0 Å². The van der Waals surface area contributed by atoms with E-state index in [-0.39, 0.29) is 5.41 Å². The fourth-order valence-corrected chi connectivity index (χ4v) is 11.5. The molecular weight excluding hydrogens is 811 g/mol. The predicted molar refractivity (Wildman–Crippen MR) is 283 cm³/mol. The maximum atomic E-state index is 2.48. The van der Waals surface area contributed by atoms with Crippen molar-refractivity contribution in [1.82, 2.24) is 9.13 Å². The minimum atomic E-state index is -0.214. The van der Waals surface area contributed by atoms with Crippen LogP contribution in [0, 0.1) is 0 Å². The molecule has 3 heteroatoms. The summed E-state index contributed by atoms with van der Waals surface area (Å²) in [5.74, 6) is 0.423. The molecule has 0 aliphatic heterocycles. The van der Waals surface area contributed by atoms with Crippen LogP contribution in [0.2, 0.25) is 0 Å². The molecule has 0 saturated heterocycles. The van der Waals surface area contributed by atoms with Gasteiger partial charge in [-0.25, -0.2) is 0 Å². The van der Waals surface area contributed by atoms with Gasteiger partial charge in [-0.1, -0.05) is 166 Å². The number of hydrogen-bond acceptors (Lipinski definition) is 1. The summed E-state index contributed by atoms with van der Waals surface area (Å²) in [5.41, 5.74) is 22.2. The Morgan fingerprint density at radius 3 is 1.76 bits per heavy atom. The van der Waals surface area contributed by atoms with Gasteiger partial charge >= 0.3 is 0 Å². The molecule has 1 atom stereocenters. The van der Waals surface area contributed by atoms with E-state index in [0.29, 0.717) is 5.92 Å². The monoisotopic (exact) mass is 859 g/mol. The van der Waals surface area contributed by atoms with Gasteiger partial charge in [-0.2, -0.15) is 0 Å². The van der Waals surface area contributed by atoms with E-state index < -0.39 is 0 Å². The molecule has 3 nitrogen and oxygen atoms in total. The third-order valence-electron chi connectivity index (χ3n) is 14.8. The van der Waals surface area contributed by atoms with Crippen molar-refractivity contribution in [1.29, 1.82) is 0 Å². The van der Waals surface area contributed by atoms with E-state index in [1.807, 2.05) is 0 Å². The fraction of sp³-hybridized carbons (Fsp3) is 0.0938. The van der Waals surface area contributed by atoms with E-state index in [9.17, 15) is 0 Å². The van der Waals surface area contributed by atoms with Gasteiger partial charge < -0.3 is 14.0 Å². The summed E-state index contributed by atoms with van der Waals surface area (Å²) in [6.45, 7) is 7.15. The molecule has 67 heavy (non-hydrogen) atoms. The summed E-state index contributed by atoms with van der Waals surface area (Å²) >= 11 is 0. The zero-order chi connectivity index (χ0) is 44.8. The molecule has 0 amide bonds. The highest BCUT2D eigenvalue weighted by Crippen LogP contribution is 2.54. The van der Waals surface area contributed by atoms with Gasteiger partial charge in [0.15, 0.2) is 0 Å². The molecule has 2 aliphatic carbocycles. The standard InChI is InChI=1S/C64H49N3/c1-42-16-14-27-60-62(42)55-39-37-50(41-61(55)67(60)48-32-28-44(29-33-48)43-17-6-4-7-18-43)65(46-19-8-5-9-20-46)49-36-38-54-57(40-49)64(2,3)56-24-15-23-51(63(54)56)45-30-34-47(35-31-45)66-58-25-12-10-21-52(58)53-22-11-13-26-59(53)66/h4-15,17-42H,16H2,1-3H3. The molecule has 0 saturated carbocycles. The van der Waals surface area contributed by atoms with Gasteiger partial charge in [0.25, 0.3) is 0 Å². The summed E-state index contributed by atoms with van der Waals surface area (Å²) in [6, 6.07) is 78.4. The van der Waals surface area contributed by atoms with E-state index in [0.717, 1.165) is 29.2 Å². The van der Waals surface area contributed by atoms with Crippen LogP contribution in [0.25, 0.3) is 83.5 Å². The number of aromatic nitrogens is 2. The first-order valence-corrected chi connectivity index (χ1v) is 23.7. The molecule has 1 unspecified atom stereocenters. The summed E-state index contributed by atoms with van der Waals surface area (Å²) in [4.78, 5) is 2.45. The minimum absolute atomic E-state index is 0.214. The van der Waals surface area contributed by atoms with Gasteiger partial charge in [0.05, 0.1) is 16.6 Å². The number of allylic oxidation sites excluding steroid dienone is 1. The third-order valence-corrected chi connectivity index (χ3v) is 14.8. The normalized spacial score (nSPS) is 14.6. The smallest absolute Gasteiger partial charge is 0.0558 e. The number of nitrogens with zero attached hydrogens (tertiary/aromatic N) is 3. The van der Waals surface area contributed by atoms with E-state index in [4.69, 9.17) is 0 Å². The summed E-state index contributed by atoms with van der Waals surface area (Å²) in [6.07, 6.45) is 5.72. The lowest BCUT2D eigenvalue weighted by molar-refractivity contribution is 0.660. The van der Waals surface area contributed by atoms with Crippen LogP contribution >= 0.6 is 0 Å². The fourth-order valence-electron chi connectivity index (χ4n) is 11.5. The second-order valence-corrected chi connectivity index (χ2v) is 19.0. The van der Waals surface area contributed by atoms with Crippen molar-refractivity contribution in [3.8, 4) is 44.8 Å². The average Bonchev–Trinajstić information content (AvgIpc) is 3.98. The van der Waals surface area contributed by atoms with Crippen LogP contribution in [0.4, 0.5) is 17.1 Å². The lowest BCUT2D eigenvalue weighted by Gasteiger charge is -2.28. The average molecular weight is 860 g/mol. The Kier molecular flexibility index (Phi) is 8.92. The Morgan fingerprint density at radius 1 is 0.448 bits per heavy atom. The van der Waals surface area contributed by atoms with E-state index >= 15 is 0 Å². The third kappa shape index (κ3) is 6.11. The molecule has 2 aromatic heterocycles. The van der Waals surface area contributed by atoms with Crippen LogP contribution in [-0.2, 0) is 5.41 Å². The second kappa shape index (κ2) is 15.2. The van der Waals surface area contributed by atoms with Gasteiger partial charge in [-0.05, 0) is 141 Å². The first kappa shape index (κ1) is 39.2. The van der Waals surface area contributed by atoms with Crippen LogP contribution < -0.4 is 4.90 Å². The van der Waals surface area contributed by atoms with Crippen LogP contribution in [0.1, 0.15) is 55.5 Å². The second-order valence-electron chi connectivity index (χ2n) is 19.0. The molecule has 9 aromatic carbocycles. The molecular formula is C64H49N3. The van der Waals surface area contributed by atoms with Crippen molar-refractivity contribution >= 4 is 55.8 Å². The van der Waals surface area contributed by atoms with Crippen LogP contribution in [-0.4, -0.2) is 9.13 Å². The van der Waals surface area contributed by atoms with Crippen molar-refractivity contribution in [2.45, 2.75) is 38.5 Å². The number of fused-ring (bicyclic) bond motifs is 9. The van der Waals surface area contributed by atoms with Gasteiger partial charge in [-0.3, -0.25) is 0 Å².